The Hall–Kier alpha value is -4.11. The molecule has 5 aromatic rings. The van der Waals surface area contributed by atoms with Crippen molar-refractivity contribution in [2.75, 3.05) is 11.4 Å². The van der Waals surface area contributed by atoms with Gasteiger partial charge in [-0.3, -0.25) is 0 Å². The summed E-state index contributed by atoms with van der Waals surface area (Å²) in [5.41, 5.74) is -0.211. The standard InChI is InChI=1S/C42H37BrClF4N4OP/c1-27-25-41(40(53)50-39(51-41)33-19-20-37(42(46,47)48)49-38(33)28-17-18-28)21-22-52(27)36-24-29(44)23-35(45)34(36)26-54(43,30-11-5-2-6-12-30,31-13-7-3-8-14-31)32-15-9-4-10-16-32/h2-16,19-20,23-24,27-28H,17-18,21-22,25-26H2,1H3,(H,50,51,53)/t27-,41+/m0/s1. The summed E-state index contributed by atoms with van der Waals surface area (Å²) in [6.45, 7) is 2.35. The van der Waals surface area contributed by atoms with Gasteiger partial charge >= 0.3 is 294 Å². The maximum atomic E-state index is 16.8. The predicted molar refractivity (Wildman–Crippen MR) is 214 cm³/mol. The van der Waals surface area contributed by atoms with Crippen molar-refractivity contribution in [2.24, 2.45) is 4.99 Å². The van der Waals surface area contributed by atoms with Gasteiger partial charge in [0.1, 0.15) is 5.69 Å². The number of amidine groups is 1. The molecule has 8 rings (SSSR count). The molecular weight excluding hydrogens is 799 g/mol. The number of aromatic nitrogens is 1. The molecule has 3 aliphatic rings. The first-order valence-corrected chi connectivity index (χ1v) is 22.8. The van der Waals surface area contributed by atoms with Gasteiger partial charge in [0.2, 0.25) is 0 Å². The molecule has 2 fully saturated rings. The molecule has 2 aliphatic heterocycles. The number of nitrogens with one attached hydrogen (secondary N) is 1. The van der Waals surface area contributed by atoms with E-state index in [0.29, 0.717) is 48.1 Å². The van der Waals surface area contributed by atoms with Crippen LogP contribution in [0.5, 0.6) is 0 Å². The molecule has 0 bridgehead atoms. The topological polar surface area (TPSA) is 57.6 Å². The Labute approximate surface area is 324 Å². The van der Waals surface area contributed by atoms with Gasteiger partial charge in [-0.2, -0.15) is 13.2 Å². The van der Waals surface area contributed by atoms with Crippen molar-refractivity contribution in [1.29, 1.82) is 0 Å². The van der Waals surface area contributed by atoms with Crippen molar-refractivity contribution in [3.63, 3.8) is 0 Å². The third kappa shape index (κ3) is 6.24. The molecule has 1 N–H and O–H groups in total. The molecule has 4 aromatic carbocycles. The van der Waals surface area contributed by atoms with Crippen LogP contribution in [0.1, 0.15) is 61.0 Å². The van der Waals surface area contributed by atoms with Gasteiger partial charge in [0.25, 0.3) is 0 Å². The van der Waals surface area contributed by atoms with Gasteiger partial charge in [-0.25, -0.2) is 0 Å². The molecule has 278 valence electrons. The first-order chi connectivity index (χ1) is 25.8. The Morgan fingerprint density at radius 2 is 1.48 bits per heavy atom. The molecule has 54 heavy (non-hydrogen) atoms. The minimum atomic E-state index is -4.58. The van der Waals surface area contributed by atoms with E-state index in [1.54, 1.807) is 0 Å². The van der Waals surface area contributed by atoms with E-state index >= 15 is 4.39 Å². The zero-order valence-corrected chi connectivity index (χ0v) is 32.6. The normalized spacial score (nSPS) is 21.1. The number of aliphatic imine (C=N–C) groups is 1. The average Bonchev–Trinajstić information content (AvgIpc) is 3.97. The van der Waals surface area contributed by atoms with Crippen LogP contribution in [0.4, 0.5) is 23.2 Å². The first-order valence-electron chi connectivity index (χ1n) is 17.9. The number of halogens is 6. The number of nitrogens with zero attached hydrogens (tertiary/aromatic N) is 3. The number of carbonyl (C=O) groups is 1. The van der Waals surface area contributed by atoms with Gasteiger partial charge in [-0.15, -0.1) is 0 Å². The molecule has 3 heterocycles. The molecule has 1 spiro atoms. The van der Waals surface area contributed by atoms with Crippen molar-refractivity contribution in [3.8, 4) is 0 Å². The molecule has 0 radical (unpaired) electrons. The van der Waals surface area contributed by atoms with Crippen LogP contribution in [0.15, 0.2) is 120 Å². The van der Waals surface area contributed by atoms with Gasteiger partial charge in [0.05, 0.1) is 0 Å². The van der Waals surface area contributed by atoms with Crippen LogP contribution in [-0.4, -0.2) is 34.9 Å². The average molecular weight is 836 g/mol. The van der Waals surface area contributed by atoms with Crippen molar-refractivity contribution < 1.29 is 22.4 Å². The Kier molecular flexibility index (Phi) is 9.26. The molecule has 5 nitrogen and oxygen atoms in total. The number of piperidine rings is 1. The third-order valence-corrected chi connectivity index (χ3v) is 20.8. The number of hydrogen-bond acceptors (Lipinski definition) is 4. The number of pyridine rings is 1. The van der Waals surface area contributed by atoms with E-state index in [2.05, 4.69) is 67.1 Å². The Bertz CT molecular complexity index is 2170. The predicted octanol–water partition coefficient (Wildman–Crippen LogP) is 9.41. The monoisotopic (exact) mass is 834 g/mol. The summed E-state index contributed by atoms with van der Waals surface area (Å²) in [4.78, 5) is 24.8. The Balaban J connectivity index is 1.20. The molecule has 2 atom stereocenters. The van der Waals surface area contributed by atoms with Gasteiger partial charge in [0, 0.05) is 0 Å². The molecule has 1 aliphatic carbocycles. The van der Waals surface area contributed by atoms with E-state index in [9.17, 15) is 18.0 Å². The van der Waals surface area contributed by atoms with Crippen LogP contribution in [0.25, 0.3) is 0 Å². The SMILES string of the molecule is C[C@H]1C[C@@]2(CCN1c1cc(Cl)cc(F)c1CP(Br)(c1ccccc1)(c1ccccc1)c1ccccc1)N=C(c1ccc(C(F)(F)F)nc1C1CC1)NC2=O. The van der Waals surface area contributed by atoms with E-state index in [1.807, 2.05) is 67.6 Å². The molecule has 1 saturated carbocycles. The number of rotatable bonds is 8. The summed E-state index contributed by atoms with van der Waals surface area (Å²) in [5, 5.41) is 2.64. The van der Waals surface area contributed by atoms with E-state index in [4.69, 9.17) is 16.6 Å². The fourth-order valence-corrected chi connectivity index (χ4v) is 16.1. The summed E-state index contributed by atoms with van der Waals surface area (Å²) in [6.07, 6.45) is -2.21. The zero-order chi connectivity index (χ0) is 37.9. The molecular formula is C42H37BrClF4N4OP. The Morgan fingerprint density at radius 3 is 2.00 bits per heavy atom. The third-order valence-electron chi connectivity index (χ3n) is 11.1. The van der Waals surface area contributed by atoms with Crippen LogP contribution in [-0.2, 0) is 17.1 Å². The number of anilines is 1. The van der Waals surface area contributed by atoms with E-state index in [1.165, 1.54) is 12.1 Å². The molecule has 1 amide bonds. The van der Waals surface area contributed by atoms with E-state index < -0.39 is 28.5 Å². The van der Waals surface area contributed by atoms with Gasteiger partial charge in [-0.05, 0) is 12.8 Å². The van der Waals surface area contributed by atoms with Gasteiger partial charge < -0.3 is 0 Å². The minimum absolute atomic E-state index is 0.105. The van der Waals surface area contributed by atoms with Crippen molar-refractivity contribution in [3.05, 3.63) is 149 Å². The van der Waals surface area contributed by atoms with Crippen molar-refractivity contribution in [1.82, 2.24) is 10.3 Å². The van der Waals surface area contributed by atoms with E-state index in [-0.39, 0.29) is 28.7 Å². The fourth-order valence-electron chi connectivity index (χ4n) is 8.27. The second-order valence-electron chi connectivity index (χ2n) is 14.6. The van der Waals surface area contributed by atoms with Crippen LogP contribution in [0.3, 0.4) is 0 Å². The number of hydrogen-bond donors (Lipinski definition) is 1. The second kappa shape index (κ2) is 13.6. The molecule has 1 saturated heterocycles. The van der Waals surface area contributed by atoms with Gasteiger partial charge in [0.15, 0.2) is 0 Å². The van der Waals surface area contributed by atoms with Crippen LogP contribution >= 0.6 is 32.4 Å². The second-order valence-corrected chi connectivity index (χ2v) is 23.9. The molecule has 0 unspecified atom stereocenters. The van der Waals surface area contributed by atoms with Crippen molar-refractivity contribution in [2.45, 2.75) is 62.4 Å². The fraction of sp³-hybridized carbons (Fsp3) is 0.262. The van der Waals surface area contributed by atoms with Gasteiger partial charge in [-0.1, -0.05) is 0 Å². The molecule has 12 heteroatoms. The van der Waals surface area contributed by atoms with Crippen LogP contribution in [0, 0.1) is 5.82 Å². The zero-order valence-electron chi connectivity index (χ0n) is 29.3. The van der Waals surface area contributed by atoms with Crippen LogP contribution < -0.4 is 26.1 Å². The van der Waals surface area contributed by atoms with Crippen molar-refractivity contribution >= 4 is 65.7 Å². The molecule has 1 aromatic heterocycles. The maximum absolute atomic E-state index is 16.8. The number of amides is 1. The van der Waals surface area contributed by atoms with Crippen LogP contribution in [0.2, 0.25) is 5.02 Å². The summed E-state index contributed by atoms with van der Waals surface area (Å²) in [5.74, 6) is -0.581. The quantitative estimate of drug-likeness (QED) is 0.125. The summed E-state index contributed by atoms with van der Waals surface area (Å²) in [6, 6.07) is 35.8. The summed E-state index contributed by atoms with van der Waals surface area (Å²) >= 11 is 11.1. The number of benzene rings is 4. The van der Waals surface area contributed by atoms with E-state index in [0.717, 1.165) is 34.8 Å². The Morgan fingerprint density at radius 1 is 0.907 bits per heavy atom. The first kappa shape index (κ1) is 36.8. The number of alkyl halides is 3. The summed E-state index contributed by atoms with van der Waals surface area (Å²) in [7, 11) is 0. The summed E-state index contributed by atoms with van der Waals surface area (Å²) < 4.78 is 57.5. The number of carbonyl (C=O) groups excluding carboxylic acids is 1.